The average molecular weight is 520 g/mol. The van der Waals surface area contributed by atoms with Crippen molar-refractivity contribution in [2.24, 2.45) is 0 Å². The van der Waals surface area contributed by atoms with Crippen molar-refractivity contribution in [3.05, 3.63) is 150 Å². The number of halogens is 2. The van der Waals surface area contributed by atoms with Gasteiger partial charge in [-0.1, -0.05) is 83.9 Å². The normalized spacial score (nSPS) is 11.0. The van der Waals surface area contributed by atoms with Gasteiger partial charge in [0, 0.05) is 34.5 Å². The molecule has 0 bridgehead atoms. The predicted molar refractivity (Wildman–Crippen MR) is 157 cm³/mol. The number of fused-ring (bicyclic) bond motifs is 1. The van der Waals surface area contributed by atoms with E-state index in [4.69, 9.17) is 23.2 Å². The smallest absolute Gasteiger partial charge is 0.122 e. The first kappa shape index (κ1) is 23.2. The number of hydrogen-bond acceptors (Lipinski definition) is 2. The highest BCUT2D eigenvalue weighted by atomic mass is 35.5. The summed E-state index contributed by atoms with van der Waals surface area (Å²) in [5.74, 6) is 0.961. The number of hydrogen-bond donors (Lipinski definition) is 0. The molecule has 2 heterocycles. The molecule has 3 nitrogen and oxygen atoms in total. The molecule has 180 valence electrons. The Hall–Kier alpha value is -4.18. The molecule has 0 spiro atoms. The lowest BCUT2D eigenvalue weighted by atomic mass is 10.2. The predicted octanol–water partition coefficient (Wildman–Crippen LogP) is 10.2. The third-order valence-corrected chi connectivity index (χ3v) is 7.13. The molecule has 0 aliphatic heterocycles. The lowest BCUT2D eigenvalue weighted by molar-refractivity contribution is 1.12. The molecule has 0 amide bonds. The maximum Gasteiger partial charge on any atom is 0.122 e. The molecule has 0 saturated heterocycles. The van der Waals surface area contributed by atoms with Crippen molar-refractivity contribution in [1.82, 2.24) is 4.40 Å². The zero-order valence-electron chi connectivity index (χ0n) is 19.9. The largest absolute Gasteiger partial charge is 0.310 e. The SMILES string of the molecule is Clc1cccc(N(c2ccccc2)c2ccc3cc(N(c4ccccc4)c4ccccc4)ccn23)c1Cl. The third-order valence-electron chi connectivity index (χ3n) is 6.32. The van der Waals surface area contributed by atoms with Gasteiger partial charge in [-0.2, -0.15) is 0 Å². The lowest BCUT2D eigenvalue weighted by Gasteiger charge is -2.27. The maximum absolute atomic E-state index is 6.72. The highest BCUT2D eigenvalue weighted by Gasteiger charge is 2.20. The Balaban J connectivity index is 1.50. The number of nitrogens with zero attached hydrogens (tertiary/aromatic N) is 3. The minimum atomic E-state index is 0.513. The molecule has 0 N–H and O–H groups in total. The summed E-state index contributed by atoms with van der Waals surface area (Å²) in [4.78, 5) is 4.39. The minimum absolute atomic E-state index is 0.513. The summed E-state index contributed by atoms with van der Waals surface area (Å²) in [5, 5.41) is 1.03. The van der Waals surface area contributed by atoms with E-state index < -0.39 is 0 Å². The van der Waals surface area contributed by atoms with E-state index in [0.717, 1.165) is 39.8 Å². The van der Waals surface area contributed by atoms with Gasteiger partial charge in [0.15, 0.2) is 0 Å². The van der Waals surface area contributed by atoms with Gasteiger partial charge in [-0.25, -0.2) is 0 Å². The van der Waals surface area contributed by atoms with E-state index in [1.807, 2.05) is 42.5 Å². The summed E-state index contributed by atoms with van der Waals surface area (Å²) >= 11 is 13.1. The summed E-state index contributed by atoms with van der Waals surface area (Å²) in [6.45, 7) is 0. The van der Waals surface area contributed by atoms with Crippen LogP contribution in [0.1, 0.15) is 0 Å². The number of rotatable bonds is 6. The topological polar surface area (TPSA) is 10.9 Å². The van der Waals surface area contributed by atoms with Gasteiger partial charge in [0.05, 0.1) is 15.7 Å². The van der Waals surface area contributed by atoms with Crippen molar-refractivity contribution in [3.8, 4) is 0 Å². The molecule has 2 aromatic heterocycles. The Morgan fingerprint density at radius 2 is 1.05 bits per heavy atom. The monoisotopic (exact) mass is 519 g/mol. The third kappa shape index (κ3) is 4.44. The second-order valence-electron chi connectivity index (χ2n) is 8.62. The van der Waals surface area contributed by atoms with E-state index >= 15 is 0 Å². The van der Waals surface area contributed by atoms with Gasteiger partial charge in [0.2, 0.25) is 0 Å². The Morgan fingerprint density at radius 3 is 1.65 bits per heavy atom. The Morgan fingerprint density at radius 1 is 0.486 bits per heavy atom. The first-order chi connectivity index (χ1) is 18.2. The van der Waals surface area contributed by atoms with Gasteiger partial charge < -0.3 is 9.30 Å². The molecule has 0 radical (unpaired) electrons. The molecule has 37 heavy (non-hydrogen) atoms. The molecule has 4 aromatic carbocycles. The van der Waals surface area contributed by atoms with Crippen LogP contribution < -0.4 is 9.80 Å². The van der Waals surface area contributed by atoms with Crippen LogP contribution in [0.25, 0.3) is 5.52 Å². The summed E-state index contributed by atoms with van der Waals surface area (Å²) in [7, 11) is 0. The number of para-hydroxylation sites is 3. The van der Waals surface area contributed by atoms with E-state index in [1.165, 1.54) is 0 Å². The van der Waals surface area contributed by atoms with E-state index in [2.05, 4.69) is 105 Å². The van der Waals surface area contributed by atoms with Gasteiger partial charge in [-0.3, -0.25) is 4.90 Å². The molecule has 0 unspecified atom stereocenters. The van der Waals surface area contributed by atoms with E-state index in [0.29, 0.717) is 10.0 Å². The molecule has 0 saturated carbocycles. The first-order valence-electron chi connectivity index (χ1n) is 12.0. The number of pyridine rings is 1. The van der Waals surface area contributed by atoms with E-state index in [-0.39, 0.29) is 0 Å². The van der Waals surface area contributed by atoms with Crippen LogP contribution in [0.2, 0.25) is 10.0 Å². The van der Waals surface area contributed by atoms with Crippen LogP contribution in [-0.2, 0) is 0 Å². The standard InChI is InChI=1S/C32H23Cl2N3/c33-29-17-10-18-30(32(29)34)37(26-15-8-3-9-16-26)31-20-19-27-23-28(21-22-35(27)31)36(24-11-4-1-5-12-24)25-13-6-2-7-14-25/h1-23H. The van der Waals surface area contributed by atoms with Crippen LogP contribution in [0.4, 0.5) is 34.3 Å². The zero-order chi connectivity index (χ0) is 25.2. The van der Waals surface area contributed by atoms with Crippen LogP contribution in [0.5, 0.6) is 0 Å². The average Bonchev–Trinajstić information content (AvgIpc) is 3.36. The van der Waals surface area contributed by atoms with Gasteiger partial charge >= 0.3 is 0 Å². The molecule has 0 fully saturated rings. The highest BCUT2D eigenvalue weighted by Crippen LogP contribution is 2.42. The van der Waals surface area contributed by atoms with Crippen LogP contribution in [0, 0.1) is 0 Å². The fraction of sp³-hybridized carbons (Fsp3) is 0. The quantitative estimate of drug-likeness (QED) is 0.216. The van der Waals surface area contributed by atoms with E-state index in [1.54, 1.807) is 6.07 Å². The van der Waals surface area contributed by atoms with Crippen LogP contribution >= 0.6 is 23.2 Å². The fourth-order valence-corrected chi connectivity index (χ4v) is 5.02. The molecule has 0 atom stereocenters. The van der Waals surface area contributed by atoms with Crippen molar-refractivity contribution in [2.45, 2.75) is 0 Å². The van der Waals surface area contributed by atoms with Crippen molar-refractivity contribution in [2.75, 3.05) is 9.80 Å². The second kappa shape index (κ2) is 10.1. The number of benzene rings is 4. The Bertz CT molecular complexity index is 1610. The lowest BCUT2D eigenvalue weighted by Crippen LogP contribution is -2.13. The molecule has 6 rings (SSSR count). The maximum atomic E-state index is 6.72. The van der Waals surface area contributed by atoms with Crippen LogP contribution in [-0.4, -0.2) is 4.40 Å². The Kier molecular flexibility index (Phi) is 6.32. The molecule has 5 heteroatoms. The van der Waals surface area contributed by atoms with Crippen LogP contribution in [0.3, 0.4) is 0 Å². The fourth-order valence-electron chi connectivity index (χ4n) is 4.64. The summed E-state index contributed by atoms with van der Waals surface area (Å²) < 4.78 is 2.17. The first-order valence-corrected chi connectivity index (χ1v) is 12.8. The summed E-state index contributed by atoms with van der Waals surface area (Å²) in [6, 6.07) is 45.3. The molecule has 0 aliphatic rings. The molecular formula is C32H23Cl2N3. The minimum Gasteiger partial charge on any atom is -0.310 e. The van der Waals surface area contributed by atoms with Gasteiger partial charge in [0.1, 0.15) is 5.82 Å². The molecule has 0 aliphatic carbocycles. The number of anilines is 6. The molecule has 6 aromatic rings. The zero-order valence-corrected chi connectivity index (χ0v) is 21.4. The van der Waals surface area contributed by atoms with Gasteiger partial charge in [-0.05, 0) is 72.8 Å². The van der Waals surface area contributed by atoms with Gasteiger partial charge in [-0.15, -0.1) is 0 Å². The highest BCUT2D eigenvalue weighted by molar-refractivity contribution is 6.43. The van der Waals surface area contributed by atoms with Gasteiger partial charge in [0.25, 0.3) is 0 Å². The van der Waals surface area contributed by atoms with Crippen molar-refractivity contribution in [1.29, 1.82) is 0 Å². The molecular weight excluding hydrogens is 497 g/mol. The van der Waals surface area contributed by atoms with Crippen molar-refractivity contribution in [3.63, 3.8) is 0 Å². The Labute approximate surface area is 226 Å². The second-order valence-corrected chi connectivity index (χ2v) is 9.41. The van der Waals surface area contributed by atoms with E-state index in [9.17, 15) is 0 Å². The van der Waals surface area contributed by atoms with Crippen molar-refractivity contribution < 1.29 is 0 Å². The van der Waals surface area contributed by atoms with Crippen LogP contribution in [0.15, 0.2) is 140 Å². The number of aromatic nitrogens is 1. The van der Waals surface area contributed by atoms with Crippen molar-refractivity contribution >= 4 is 63.0 Å². The summed E-state index contributed by atoms with van der Waals surface area (Å²) in [6.07, 6.45) is 2.10. The summed E-state index contributed by atoms with van der Waals surface area (Å²) in [5.41, 5.74) is 6.14.